The predicted octanol–water partition coefficient (Wildman–Crippen LogP) is -0.964. The summed E-state index contributed by atoms with van der Waals surface area (Å²) in [4.78, 5) is 0. The molecule has 0 spiro atoms. The van der Waals surface area contributed by atoms with E-state index in [0.717, 1.165) is 0 Å². The first kappa shape index (κ1) is 11.0. The summed E-state index contributed by atoms with van der Waals surface area (Å²) in [5.41, 5.74) is 0. The third kappa shape index (κ3) is 3.29. The Kier molecular flexibility index (Phi) is 4.17. The molecule has 1 aromatic rings. The van der Waals surface area contributed by atoms with E-state index in [2.05, 4.69) is 37.8 Å². The zero-order chi connectivity index (χ0) is 7.61. The Morgan fingerprint density at radius 2 is 1.82 bits per heavy atom. The average molecular weight is 156 g/mol. The van der Waals surface area contributed by atoms with E-state index in [1.807, 2.05) is 12.1 Å². The molecular formula is C9H13LiSi. The van der Waals surface area contributed by atoms with Gasteiger partial charge in [-0.2, -0.15) is 35.5 Å². The van der Waals surface area contributed by atoms with Crippen molar-refractivity contribution in [3.63, 3.8) is 0 Å². The molecule has 0 aromatic heterocycles. The molecule has 0 unspecified atom stereocenters. The Labute approximate surface area is 82.2 Å². The predicted molar refractivity (Wildman–Crippen MR) is 48.3 cm³/mol. The number of benzene rings is 1. The summed E-state index contributed by atoms with van der Waals surface area (Å²) in [6, 6.07) is 11.5. The molecule has 0 aliphatic rings. The molecule has 0 fully saturated rings. The van der Waals surface area contributed by atoms with Gasteiger partial charge in [-0.3, -0.25) is 0 Å². The van der Waals surface area contributed by atoms with Crippen LogP contribution in [0.5, 0.6) is 0 Å². The third-order valence-corrected chi connectivity index (χ3v) is 3.44. The molecule has 1 rings (SSSR count). The maximum absolute atomic E-state index is 3.27. The van der Waals surface area contributed by atoms with Crippen LogP contribution < -0.4 is 24.0 Å². The number of rotatable bonds is 1. The van der Waals surface area contributed by atoms with Crippen LogP contribution in [0.2, 0.25) is 19.6 Å². The molecule has 0 heterocycles. The third-order valence-electron chi connectivity index (χ3n) is 1.52. The van der Waals surface area contributed by atoms with Gasteiger partial charge in [0.1, 0.15) is 0 Å². The van der Waals surface area contributed by atoms with E-state index in [-0.39, 0.29) is 18.9 Å². The first-order chi connectivity index (χ1) is 4.61. The van der Waals surface area contributed by atoms with Crippen molar-refractivity contribution >= 4 is 13.3 Å². The quantitative estimate of drug-likeness (QED) is 0.363. The summed E-state index contributed by atoms with van der Waals surface area (Å²) in [5, 5.41) is 1.41. The van der Waals surface area contributed by atoms with Crippen LogP contribution in [-0.2, 0) is 0 Å². The summed E-state index contributed by atoms with van der Waals surface area (Å²) >= 11 is 0. The van der Waals surface area contributed by atoms with E-state index in [1.165, 1.54) is 5.19 Å². The maximum atomic E-state index is 3.27. The Morgan fingerprint density at radius 3 is 2.09 bits per heavy atom. The molecule has 0 N–H and O–H groups in total. The van der Waals surface area contributed by atoms with Crippen LogP contribution in [0.1, 0.15) is 0 Å². The monoisotopic (exact) mass is 156 g/mol. The minimum atomic E-state index is -1.09. The number of hydrogen-bond acceptors (Lipinski definition) is 0. The van der Waals surface area contributed by atoms with Gasteiger partial charge in [0.25, 0.3) is 0 Å². The van der Waals surface area contributed by atoms with Gasteiger partial charge in [-0.1, -0.05) is 19.6 Å². The zero-order valence-corrected chi connectivity index (χ0v) is 8.81. The van der Waals surface area contributed by atoms with Crippen molar-refractivity contribution in [3.8, 4) is 0 Å². The molecular weight excluding hydrogens is 143 g/mol. The Balaban J connectivity index is 0.000001000. The largest absolute Gasteiger partial charge is 1.00 e. The fourth-order valence-corrected chi connectivity index (χ4v) is 1.97. The van der Waals surface area contributed by atoms with Crippen molar-refractivity contribution in [1.82, 2.24) is 0 Å². The molecule has 0 saturated carbocycles. The van der Waals surface area contributed by atoms with E-state index >= 15 is 0 Å². The topological polar surface area (TPSA) is 0 Å². The minimum absolute atomic E-state index is 0. The van der Waals surface area contributed by atoms with Crippen molar-refractivity contribution in [2.24, 2.45) is 0 Å². The fraction of sp³-hybridized carbons (Fsp3) is 0.333. The summed E-state index contributed by atoms with van der Waals surface area (Å²) in [7, 11) is -1.09. The van der Waals surface area contributed by atoms with Crippen molar-refractivity contribution in [3.05, 3.63) is 30.3 Å². The summed E-state index contributed by atoms with van der Waals surface area (Å²) in [6.07, 6.45) is 0. The average Bonchev–Trinajstić information content (AvgIpc) is 1.88. The van der Waals surface area contributed by atoms with Crippen molar-refractivity contribution < 1.29 is 18.9 Å². The van der Waals surface area contributed by atoms with Gasteiger partial charge in [0.15, 0.2) is 0 Å². The molecule has 11 heavy (non-hydrogen) atoms. The first-order valence-electron chi connectivity index (χ1n) is 3.58. The van der Waals surface area contributed by atoms with Gasteiger partial charge >= 0.3 is 18.9 Å². The Bertz CT molecular complexity index is 201. The summed E-state index contributed by atoms with van der Waals surface area (Å²) in [5.74, 6) is 0. The van der Waals surface area contributed by atoms with E-state index in [0.29, 0.717) is 0 Å². The SMILES string of the molecule is C[Si](C)(C)c1[c-]cccc1.[Li+]. The second-order valence-corrected chi connectivity index (χ2v) is 8.56. The molecule has 2 heteroatoms. The second kappa shape index (κ2) is 4.16. The van der Waals surface area contributed by atoms with Gasteiger partial charge < -0.3 is 0 Å². The zero-order valence-electron chi connectivity index (χ0n) is 7.81. The van der Waals surface area contributed by atoms with Crippen molar-refractivity contribution in [1.29, 1.82) is 0 Å². The molecule has 0 saturated heterocycles. The molecule has 0 bridgehead atoms. The summed E-state index contributed by atoms with van der Waals surface area (Å²) in [6.45, 7) is 7.00. The maximum Gasteiger partial charge on any atom is 1.00 e. The molecule has 0 amide bonds. The van der Waals surface area contributed by atoms with Crippen LogP contribution in [0.3, 0.4) is 0 Å². The van der Waals surface area contributed by atoms with Crippen LogP contribution in [-0.4, -0.2) is 8.07 Å². The normalized spacial score (nSPS) is 10.5. The van der Waals surface area contributed by atoms with Crippen LogP contribution >= 0.6 is 0 Å². The molecule has 54 valence electrons. The molecule has 0 nitrogen and oxygen atoms in total. The van der Waals surface area contributed by atoms with Gasteiger partial charge in [0.2, 0.25) is 0 Å². The van der Waals surface area contributed by atoms with Crippen LogP contribution in [0.4, 0.5) is 0 Å². The van der Waals surface area contributed by atoms with E-state index < -0.39 is 8.07 Å². The molecule has 0 radical (unpaired) electrons. The van der Waals surface area contributed by atoms with Crippen LogP contribution in [0.25, 0.3) is 0 Å². The Hall–Kier alpha value is 0.0343. The van der Waals surface area contributed by atoms with Gasteiger partial charge in [0.05, 0.1) is 8.07 Å². The minimum Gasteiger partial charge on any atom is -0.184 e. The van der Waals surface area contributed by atoms with Gasteiger partial charge in [0, 0.05) is 0 Å². The smallest absolute Gasteiger partial charge is 0.184 e. The van der Waals surface area contributed by atoms with E-state index in [4.69, 9.17) is 0 Å². The molecule has 1 aromatic carbocycles. The Morgan fingerprint density at radius 1 is 1.18 bits per heavy atom. The first-order valence-corrected chi connectivity index (χ1v) is 7.08. The van der Waals surface area contributed by atoms with Gasteiger partial charge in [-0.05, 0) is 0 Å². The summed E-state index contributed by atoms with van der Waals surface area (Å²) < 4.78 is 0. The van der Waals surface area contributed by atoms with Crippen LogP contribution in [0, 0.1) is 6.07 Å². The molecule has 0 aliphatic heterocycles. The fourth-order valence-electron chi connectivity index (χ4n) is 0.860. The van der Waals surface area contributed by atoms with Gasteiger partial charge in [-0.15, -0.1) is 0 Å². The van der Waals surface area contributed by atoms with Gasteiger partial charge in [-0.25, -0.2) is 0 Å². The standard InChI is InChI=1S/C9H13Si.Li/c1-10(2,3)9-7-5-4-6-8-9;/h4-7H,1-3H3;/q-1;+1. The van der Waals surface area contributed by atoms with Crippen molar-refractivity contribution in [2.45, 2.75) is 19.6 Å². The van der Waals surface area contributed by atoms with Crippen molar-refractivity contribution in [2.75, 3.05) is 0 Å². The molecule has 0 aliphatic carbocycles. The number of hydrogen-bond donors (Lipinski definition) is 0. The van der Waals surface area contributed by atoms with E-state index in [1.54, 1.807) is 0 Å². The molecule has 0 atom stereocenters. The van der Waals surface area contributed by atoms with Crippen LogP contribution in [0.15, 0.2) is 24.3 Å². The van der Waals surface area contributed by atoms with E-state index in [9.17, 15) is 0 Å². The second-order valence-electron chi connectivity index (χ2n) is 3.53.